The zero-order valence-corrected chi connectivity index (χ0v) is 16.6. The number of piperidine rings is 1. The van der Waals surface area contributed by atoms with E-state index in [1.54, 1.807) is 12.3 Å². The highest BCUT2D eigenvalue weighted by atomic mass is 19.1. The van der Waals surface area contributed by atoms with E-state index in [1.807, 2.05) is 10.6 Å². The summed E-state index contributed by atoms with van der Waals surface area (Å²) >= 11 is 0. The summed E-state index contributed by atoms with van der Waals surface area (Å²) in [6, 6.07) is 5.93. The highest BCUT2D eigenvalue weighted by molar-refractivity contribution is 5.23. The first-order valence-corrected chi connectivity index (χ1v) is 10.5. The lowest BCUT2D eigenvalue weighted by atomic mass is 9.82. The monoisotopic (exact) mass is 398 g/mol. The van der Waals surface area contributed by atoms with Crippen molar-refractivity contribution < 1.29 is 9.13 Å². The van der Waals surface area contributed by atoms with Gasteiger partial charge >= 0.3 is 0 Å². The first-order valence-electron chi connectivity index (χ1n) is 10.5. The number of hydrogen-bond acceptors (Lipinski definition) is 5. The van der Waals surface area contributed by atoms with Crippen LogP contribution in [0.4, 0.5) is 4.39 Å². The Labute approximate surface area is 169 Å². The topological polar surface area (TPSA) is 50.6 Å². The summed E-state index contributed by atoms with van der Waals surface area (Å²) < 4.78 is 21.4. The molecular formula is C22H27FN4O2. The summed E-state index contributed by atoms with van der Waals surface area (Å²) in [5.41, 5.74) is 2.87. The molecule has 0 spiro atoms. The molecule has 29 heavy (non-hydrogen) atoms. The number of ether oxygens (including phenoxy) is 1. The molecule has 0 aromatic carbocycles. The standard InChI is InChI=1S/C22H27FN4O2/c23-20-10-24-4-3-17(20)13-26-11-16-9-19(15-26)21-2-1-18(22(28)27(21)12-16)14-25-5-7-29-8-6-25/h1-4,10,16,19H,5-9,11-15H2/t16-,19+/m0/s1. The minimum atomic E-state index is -0.243. The van der Waals surface area contributed by atoms with Crippen LogP contribution in [0.5, 0.6) is 0 Å². The number of fused-ring (bicyclic) bond motifs is 4. The predicted molar refractivity (Wildman–Crippen MR) is 107 cm³/mol. The minimum Gasteiger partial charge on any atom is -0.379 e. The second kappa shape index (κ2) is 7.97. The molecule has 3 aliphatic heterocycles. The summed E-state index contributed by atoms with van der Waals surface area (Å²) in [4.78, 5) is 21.6. The normalized spacial score (nSPS) is 25.0. The molecular weight excluding hydrogens is 371 g/mol. The van der Waals surface area contributed by atoms with Gasteiger partial charge in [0.15, 0.2) is 0 Å². The predicted octanol–water partition coefficient (Wildman–Crippen LogP) is 1.83. The van der Waals surface area contributed by atoms with E-state index >= 15 is 0 Å². The molecule has 0 radical (unpaired) electrons. The van der Waals surface area contributed by atoms with Gasteiger partial charge in [0.05, 0.1) is 19.4 Å². The first-order chi connectivity index (χ1) is 14.2. The minimum absolute atomic E-state index is 0.164. The molecule has 2 fully saturated rings. The van der Waals surface area contributed by atoms with E-state index in [-0.39, 0.29) is 11.4 Å². The Morgan fingerprint density at radius 1 is 1.03 bits per heavy atom. The number of pyridine rings is 2. The molecule has 7 heteroatoms. The Kier molecular flexibility index (Phi) is 5.20. The fraction of sp³-hybridized carbons (Fsp3) is 0.545. The van der Waals surface area contributed by atoms with Crippen LogP contribution in [0.25, 0.3) is 0 Å². The lowest BCUT2D eigenvalue weighted by Gasteiger charge is -2.43. The molecule has 5 heterocycles. The number of halogens is 1. The van der Waals surface area contributed by atoms with E-state index in [9.17, 15) is 9.18 Å². The van der Waals surface area contributed by atoms with Crippen LogP contribution in [0.15, 0.2) is 35.4 Å². The van der Waals surface area contributed by atoms with Gasteiger partial charge in [-0.3, -0.25) is 19.6 Å². The third kappa shape index (κ3) is 3.86. The van der Waals surface area contributed by atoms with Gasteiger partial charge in [-0.25, -0.2) is 4.39 Å². The van der Waals surface area contributed by atoms with Crippen molar-refractivity contribution in [1.29, 1.82) is 0 Å². The van der Waals surface area contributed by atoms with Gasteiger partial charge in [-0.2, -0.15) is 0 Å². The van der Waals surface area contributed by atoms with Crippen LogP contribution >= 0.6 is 0 Å². The summed E-state index contributed by atoms with van der Waals surface area (Å²) in [5, 5.41) is 0. The second-order valence-electron chi connectivity index (χ2n) is 8.55. The third-order valence-electron chi connectivity index (χ3n) is 6.51. The Morgan fingerprint density at radius 2 is 1.86 bits per heavy atom. The number of hydrogen-bond donors (Lipinski definition) is 0. The number of aromatic nitrogens is 2. The molecule has 3 aliphatic rings. The van der Waals surface area contributed by atoms with Crippen molar-refractivity contribution in [3.05, 3.63) is 63.6 Å². The summed E-state index contributed by atoms with van der Waals surface area (Å²) in [7, 11) is 0. The van der Waals surface area contributed by atoms with Crippen molar-refractivity contribution in [2.45, 2.75) is 32.0 Å². The molecule has 154 valence electrons. The molecule has 0 N–H and O–H groups in total. The summed E-state index contributed by atoms with van der Waals surface area (Å²) in [5.74, 6) is 0.521. The second-order valence-corrected chi connectivity index (χ2v) is 8.55. The van der Waals surface area contributed by atoms with Crippen LogP contribution in [0.2, 0.25) is 0 Å². The largest absolute Gasteiger partial charge is 0.379 e. The molecule has 0 saturated carbocycles. The van der Waals surface area contributed by atoms with Crippen LogP contribution in [0.3, 0.4) is 0 Å². The van der Waals surface area contributed by atoms with E-state index in [0.29, 0.717) is 30.5 Å². The van der Waals surface area contributed by atoms with E-state index in [1.165, 1.54) is 6.20 Å². The van der Waals surface area contributed by atoms with Crippen LogP contribution < -0.4 is 5.56 Å². The van der Waals surface area contributed by atoms with Gasteiger partial charge in [-0.1, -0.05) is 6.07 Å². The quantitative estimate of drug-likeness (QED) is 0.787. The van der Waals surface area contributed by atoms with Gasteiger partial charge in [0.25, 0.3) is 5.56 Å². The Bertz CT molecular complexity index is 941. The van der Waals surface area contributed by atoms with Gasteiger partial charge in [-0.15, -0.1) is 0 Å². The molecule has 2 aromatic rings. The van der Waals surface area contributed by atoms with Gasteiger partial charge < -0.3 is 9.30 Å². The van der Waals surface area contributed by atoms with Gasteiger partial charge in [0.1, 0.15) is 5.82 Å². The van der Waals surface area contributed by atoms with Crippen molar-refractivity contribution in [2.24, 2.45) is 5.92 Å². The molecule has 0 unspecified atom stereocenters. The molecule has 0 aliphatic carbocycles. The third-order valence-corrected chi connectivity index (χ3v) is 6.51. The van der Waals surface area contributed by atoms with Crippen molar-refractivity contribution in [3.8, 4) is 0 Å². The zero-order chi connectivity index (χ0) is 19.8. The van der Waals surface area contributed by atoms with Gasteiger partial charge in [0, 0.05) is 74.7 Å². The highest BCUT2D eigenvalue weighted by Crippen LogP contribution is 2.35. The maximum absolute atomic E-state index is 14.0. The SMILES string of the molecule is O=c1c(CN2CCOCC2)ccc2n1C[C@H]1C[C@@H]2CN(Cc2ccncc2F)C1. The van der Waals surface area contributed by atoms with Crippen molar-refractivity contribution in [3.63, 3.8) is 0 Å². The first kappa shape index (κ1) is 18.9. The van der Waals surface area contributed by atoms with Crippen LogP contribution in [0, 0.1) is 11.7 Å². The van der Waals surface area contributed by atoms with E-state index in [4.69, 9.17) is 4.74 Å². The maximum atomic E-state index is 14.0. The molecule has 2 saturated heterocycles. The van der Waals surface area contributed by atoms with Crippen LogP contribution in [0.1, 0.15) is 29.2 Å². The highest BCUT2D eigenvalue weighted by Gasteiger charge is 2.35. The van der Waals surface area contributed by atoms with Gasteiger partial charge in [-0.05, 0) is 24.5 Å². The fourth-order valence-corrected chi connectivity index (χ4v) is 5.11. The molecule has 5 rings (SSSR count). The smallest absolute Gasteiger partial charge is 0.255 e. The molecule has 2 bridgehead atoms. The zero-order valence-electron chi connectivity index (χ0n) is 16.6. The van der Waals surface area contributed by atoms with E-state index in [2.05, 4.69) is 20.9 Å². The lowest BCUT2D eigenvalue weighted by Crippen LogP contribution is -2.47. The van der Waals surface area contributed by atoms with E-state index < -0.39 is 0 Å². The summed E-state index contributed by atoms with van der Waals surface area (Å²) in [6.45, 7) is 7.07. The molecule has 0 amide bonds. The Hall–Kier alpha value is -2.09. The van der Waals surface area contributed by atoms with Crippen molar-refractivity contribution >= 4 is 0 Å². The number of morpholine rings is 1. The molecule has 6 nitrogen and oxygen atoms in total. The van der Waals surface area contributed by atoms with E-state index in [0.717, 1.165) is 63.6 Å². The maximum Gasteiger partial charge on any atom is 0.255 e. The number of rotatable bonds is 4. The van der Waals surface area contributed by atoms with Crippen LogP contribution in [-0.2, 0) is 24.4 Å². The van der Waals surface area contributed by atoms with Gasteiger partial charge in [0.2, 0.25) is 0 Å². The molecule has 2 atom stereocenters. The number of nitrogens with zero attached hydrogens (tertiary/aromatic N) is 4. The fourth-order valence-electron chi connectivity index (χ4n) is 5.11. The summed E-state index contributed by atoms with van der Waals surface area (Å²) in [6.07, 6.45) is 4.04. The lowest BCUT2D eigenvalue weighted by molar-refractivity contribution is 0.0338. The number of likely N-dealkylation sites (tertiary alicyclic amines) is 1. The average Bonchev–Trinajstić information content (AvgIpc) is 2.73. The van der Waals surface area contributed by atoms with Crippen molar-refractivity contribution in [1.82, 2.24) is 19.4 Å². The Morgan fingerprint density at radius 3 is 2.69 bits per heavy atom. The average molecular weight is 398 g/mol. The molecule has 2 aromatic heterocycles. The van der Waals surface area contributed by atoms with Crippen molar-refractivity contribution in [2.75, 3.05) is 39.4 Å². The Balaban J connectivity index is 1.34. The van der Waals surface area contributed by atoms with Crippen LogP contribution in [-0.4, -0.2) is 58.7 Å².